The Balaban J connectivity index is 0.000000251. The molecule has 5 rings (SSSR count). The van der Waals surface area contributed by atoms with Crippen LogP contribution in [-0.2, 0) is 12.4 Å². The number of nitrogens with one attached hydrogen (secondary N) is 3. The monoisotopic (exact) mass is 818 g/mol. The fourth-order valence-corrected chi connectivity index (χ4v) is 6.09. The molecule has 53 heavy (non-hydrogen) atoms. The van der Waals surface area contributed by atoms with Crippen LogP contribution in [0.4, 0.5) is 38.0 Å². The van der Waals surface area contributed by atoms with E-state index in [0.29, 0.717) is 27.7 Å². The normalized spacial score (nSPS) is 12.7. The lowest BCUT2D eigenvalue weighted by Gasteiger charge is -2.11. The van der Waals surface area contributed by atoms with Crippen molar-refractivity contribution in [3.05, 3.63) is 114 Å². The molecule has 1 aromatic carbocycles. The van der Waals surface area contributed by atoms with Crippen molar-refractivity contribution in [1.29, 1.82) is 0 Å². The third-order valence-electron chi connectivity index (χ3n) is 6.72. The van der Waals surface area contributed by atoms with Crippen LogP contribution in [0, 0.1) is 0 Å². The van der Waals surface area contributed by atoms with E-state index in [1.165, 1.54) is 12.4 Å². The molecule has 0 fully saturated rings. The van der Waals surface area contributed by atoms with E-state index in [1.807, 2.05) is 6.07 Å². The number of amides is 2. The van der Waals surface area contributed by atoms with Crippen molar-refractivity contribution in [2.24, 2.45) is 5.73 Å². The Morgan fingerprint density at radius 3 is 1.62 bits per heavy atom. The highest BCUT2D eigenvalue weighted by molar-refractivity contribution is 7.14. The van der Waals surface area contributed by atoms with Crippen molar-refractivity contribution in [3.63, 3.8) is 0 Å². The predicted octanol–water partition coefficient (Wildman–Crippen LogP) is 8.48. The second-order valence-electron chi connectivity index (χ2n) is 10.8. The van der Waals surface area contributed by atoms with Gasteiger partial charge in [-0.3, -0.25) is 14.4 Å². The molecule has 5 N–H and O–H groups in total. The number of hydrogen-bond acceptors (Lipinski definition) is 11. The first-order valence-electron chi connectivity index (χ1n) is 14.9. The summed E-state index contributed by atoms with van der Waals surface area (Å²) in [4.78, 5) is 52.4. The summed E-state index contributed by atoms with van der Waals surface area (Å²) in [5.41, 5.74) is 4.05. The van der Waals surface area contributed by atoms with Crippen LogP contribution in [0.3, 0.4) is 0 Å². The summed E-state index contributed by atoms with van der Waals surface area (Å²) in [6, 6.07) is 9.49. The van der Waals surface area contributed by atoms with E-state index in [9.17, 15) is 40.7 Å². The van der Waals surface area contributed by atoms with Gasteiger partial charge >= 0.3 is 12.4 Å². The van der Waals surface area contributed by atoms with Gasteiger partial charge in [0.05, 0.1) is 52.2 Å². The van der Waals surface area contributed by atoms with Crippen molar-refractivity contribution < 1.29 is 40.7 Å². The van der Waals surface area contributed by atoms with E-state index in [4.69, 9.17) is 28.9 Å². The second-order valence-corrected chi connectivity index (χ2v) is 13.7. The lowest BCUT2D eigenvalue weighted by atomic mass is 10.1. The van der Waals surface area contributed by atoms with Gasteiger partial charge in [0.25, 0.3) is 11.8 Å². The molecule has 0 aliphatic rings. The lowest BCUT2D eigenvalue weighted by Crippen LogP contribution is -2.25. The minimum atomic E-state index is -4.67. The third kappa shape index (κ3) is 11.5. The summed E-state index contributed by atoms with van der Waals surface area (Å²) in [6.45, 7) is 3.58. The summed E-state index contributed by atoms with van der Waals surface area (Å²) in [5, 5.41) is 7.62. The molecule has 2 amide bonds. The molecule has 0 bridgehead atoms. The van der Waals surface area contributed by atoms with Gasteiger partial charge in [-0.15, -0.1) is 22.7 Å². The fraction of sp³-hybridized carbons (Fsp3) is 0.219. The number of carbonyl (C=O) groups is 3. The molecule has 0 radical (unpaired) electrons. The number of carbonyl (C=O) groups excluding carboxylic acids is 3. The number of benzene rings is 1. The Kier molecular flexibility index (Phi) is 13.6. The molecule has 21 heteroatoms. The number of hydrogen-bond donors (Lipinski definition) is 4. The van der Waals surface area contributed by atoms with Gasteiger partial charge in [-0.2, -0.15) is 26.3 Å². The zero-order chi connectivity index (χ0) is 39.1. The molecule has 0 spiro atoms. The number of rotatable bonds is 10. The van der Waals surface area contributed by atoms with E-state index < -0.39 is 45.3 Å². The van der Waals surface area contributed by atoms with Crippen LogP contribution >= 0.6 is 45.9 Å². The number of nitrogens with two attached hydrogens (primary N) is 1. The molecule has 0 aliphatic carbocycles. The highest BCUT2D eigenvalue weighted by Crippen LogP contribution is 2.36. The smallest absolute Gasteiger partial charge is 0.322 e. The molecule has 1 unspecified atom stereocenters. The van der Waals surface area contributed by atoms with Crippen molar-refractivity contribution >= 4 is 75.1 Å². The molecular weight excluding hydrogens is 793 g/mol. The molecule has 280 valence electrons. The van der Waals surface area contributed by atoms with E-state index >= 15 is 0 Å². The summed E-state index contributed by atoms with van der Waals surface area (Å²) < 4.78 is 77.1. The summed E-state index contributed by atoms with van der Waals surface area (Å²) in [5.74, 6) is -1.89. The first kappa shape index (κ1) is 41.2. The van der Waals surface area contributed by atoms with E-state index in [1.54, 1.807) is 38.1 Å². The minimum absolute atomic E-state index is 0.0845. The zero-order valence-electron chi connectivity index (χ0n) is 27.1. The average molecular weight is 820 g/mol. The van der Waals surface area contributed by atoms with Gasteiger partial charge in [-0.25, -0.2) is 19.9 Å². The Hall–Kier alpha value is -4.53. The fourth-order valence-electron chi connectivity index (χ4n) is 4.06. The summed E-state index contributed by atoms with van der Waals surface area (Å²) in [6.07, 6.45) is -5.03. The SMILES string of the molecule is CC(NCC(=O)c1ccccc1)c1ncc(C(=O)Nc2cc(C(F)(F)F)c(Cl)cn2)s1.C[C@H](N)c1ncc(C(=O)Nc2cc(C(F)(F)F)c(Cl)cn2)s1. The summed E-state index contributed by atoms with van der Waals surface area (Å²) in [7, 11) is 0. The first-order valence-corrected chi connectivity index (χ1v) is 17.3. The number of nitrogens with zero attached hydrogens (tertiary/aromatic N) is 4. The molecule has 11 nitrogen and oxygen atoms in total. The van der Waals surface area contributed by atoms with E-state index in [0.717, 1.165) is 35.1 Å². The summed E-state index contributed by atoms with van der Waals surface area (Å²) >= 11 is 13.1. The van der Waals surface area contributed by atoms with Gasteiger partial charge in [0.1, 0.15) is 31.4 Å². The molecular formula is C32H26Cl2F6N8O3S2. The van der Waals surface area contributed by atoms with Gasteiger partial charge < -0.3 is 21.7 Å². The van der Waals surface area contributed by atoms with Crippen LogP contribution < -0.4 is 21.7 Å². The standard InChI is InChI=1S/C20H16ClF3N4O2S.C12H10ClF3N4OS/c1-11(25-9-15(29)12-5-3-2-4-6-12)19-27-10-16(31-19)18(30)28-17-7-13(20(22,23)24)14(21)8-26-17;1-5(17)11-19-4-8(22-11)10(21)20-9-2-6(12(14,15)16)7(13)3-18-9/h2-8,10-11,25H,9H2,1H3,(H,26,28,30);2-5H,17H2,1H3,(H,18,20,21)/t;5-/m.0/s1. The van der Waals surface area contributed by atoms with Crippen LogP contribution in [0.2, 0.25) is 10.0 Å². The maximum atomic E-state index is 13.0. The van der Waals surface area contributed by atoms with Gasteiger partial charge in [-0.1, -0.05) is 53.5 Å². The first-order chi connectivity index (χ1) is 24.8. The van der Waals surface area contributed by atoms with Gasteiger partial charge in [0.2, 0.25) is 0 Å². The number of alkyl halides is 6. The number of thiazole rings is 2. The number of Topliss-reactive ketones (excluding diaryl/α,β-unsaturated/α-hetero) is 1. The maximum absolute atomic E-state index is 13.0. The molecule has 4 aromatic heterocycles. The van der Waals surface area contributed by atoms with Gasteiger partial charge in [0.15, 0.2) is 5.78 Å². The van der Waals surface area contributed by atoms with Crippen molar-refractivity contribution in [2.45, 2.75) is 38.3 Å². The average Bonchev–Trinajstić information content (AvgIpc) is 3.80. The third-order valence-corrected chi connectivity index (χ3v) is 9.70. The van der Waals surface area contributed by atoms with Crippen LogP contribution in [0.5, 0.6) is 0 Å². The molecule has 2 atom stereocenters. The number of ketones is 1. The highest BCUT2D eigenvalue weighted by atomic mass is 35.5. The van der Waals surface area contributed by atoms with Gasteiger partial charge in [-0.05, 0) is 26.0 Å². The number of anilines is 2. The Bertz CT molecular complexity index is 2080. The van der Waals surface area contributed by atoms with Crippen LogP contribution in [0.15, 0.2) is 67.3 Å². The lowest BCUT2D eigenvalue weighted by molar-refractivity contribution is -0.138. The zero-order valence-corrected chi connectivity index (χ0v) is 30.3. The van der Waals surface area contributed by atoms with Crippen LogP contribution in [-0.4, -0.2) is 44.1 Å². The van der Waals surface area contributed by atoms with Crippen molar-refractivity contribution in [3.8, 4) is 0 Å². The van der Waals surface area contributed by atoms with Crippen molar-refractivity contribution in [1.82, 2.24) is 25.3 Å². The number of halogens is 8. The number of pyridine rings is 2. The largest absolute Gasteiger partial charge is 0.418 e. The molecule has 0 saturated carbocycles. The quantitative estimate of drug-likeness (QED) is 0.0799. The number of aromatic nitrogens is 4. The van der Waals surface area contributed by atoms with Crippen LogP contribution in [0.25, 0.3) is 0 Å². The van der Waals surface area contributed by atoms with Crippen molar-refractivity contribution in [2.75, 3.05) is 17.2 Å². The molecule has 4 heterocycles. The Labute approximate surface area is 315 Å². The Morgan fingerprint density at radius 2 is 1.19 bits per heavy atom. The highest BCUT2D eigenvalue weighted by Gasteiger charge is 2.35. The minimum Gasteiger partial charge on any atom is -0.322 e. The topological polar surface area (TPSA) is 165 Å². The molecule has 5 aromatic rings. The molecule has 0 aliphatic heterocycles. The second kappa shape index (κ2) is 17.5. The van der Waals surface area contributed by atoms with E-state index in [2.05, 4.69) is 35.9 Å². The van der Waals surface area contributed by atoms with E-state index in [-0.39, 0.29) is 45.8 Å². The van der Waals surface area contributed by atoms with Gasteiger partial charge in [0, 0.05) is 18.0 Å². The maximum Gasteiger partial charge on any atom is 0.418 e. The Morgan fingerprint density at radius 1 is 0.736 bits per heavy atom. The molecule has 0 saturated heterocycles. The van der Waals surface area contributed by atoms with Crippen LogP contribution in [0.1, 0.15) is 76.8 Å². The predicted molar refractivity (Wildman–Crippen MR) is 188 cm³/mol.